The van der Waals surface area contributed by atoms with Crippen molar-refractivity contribution < 1.29 is 0 Å². The summed E-state index contributed by atoms with van der Waals surface area (Å²) in [6.07, 6.45) is 1.65. The molecule has 58 valence electrons. The van der Waals surface area contributed by atoms with Crippen LogP contribution in [0, 0.1) is 0 Å². The van der Waals surface area contributed by atoms with Crippen molar-refractivity contribution in [1.29, 1.82) is 0 Å². The molecule has 2 rings (SSSR count). The van der Waals surface area contributed by atoms with Gasteiger partial charge in [-0.2, -0.15) is 0 Å². The van der Waals surface area contributed by atoms with Crippen LogP contribution in [0.25, 0.3) is 11.2 Å². The van der Waals surface area contributed by atoms with Gasteiger partial charge in [-0.3, -0.25) is 0 Å². The molecule has 12 heavy (non-hydrogen) atoms. The molecule has 2 aromatic heterocycles. The highest BCUT2D eigenvalue weighted by Gasteiger charge is 2.05. The van der Waals surface area contributed by atoms with Gasteiger partial charge in [-0.05, 0) is 15.9 Å². The fourth-order valence-corrected chi connectivity index (χ4v) is 1.36. The van der Waals surface area contributed by atoms with Gasteiger partial charge in [-0.1, -0.05) is 0 Å². The summed E-state index contributed by atoms with van der Waals surface area (Å²) in [7, 11) is 7.47. The van der Waals surface area contributed by atoms with Gasteiger partial charge in [0.05, 0.1) is 6.33 Å². The number of imidazole rings is 1. The molecule has 0 aromatic carbocycles. The highest BCUT2D eigenvalue weighted by atomic mass is 79.9. The number of aromatic nitrogens is 4. The maximum atomic E-state index is 5.61. The average molecular weight is 223 g/mol. The van der Waals surface area contributed by atoms with Crippen molar-refractivity contribution in [3.63, 3.8) is 0 Å². The first-order valence-corrected chi connectivity index (χ1v) is 4.08. The quantitative estimate of drug-likeness (QED) is 0.463. The third-order valence-corrected chi connectivity index (χ3v) is 1.91. The van der Waals surface area contributed by atoms with Gasteiger partial charge in [0.15, 0.2) is 10.4 Å². The Morgan fingerprint density at radius 2 is 2.25 bits per heavy atom. The molecule has 0 bridgehead atoms. The van der Waals surface area contributed by atoms with Gasteiger partial charge >= 0.3 is 0 Å². The Bertz CT molecular complexity index is 438. The first-order chi connectivity index (χ1) is 5.68. The summed E-state index contributed by atoms with van der Waals surface area (Å²) < 4.78 is 2.27. The van der Waals surface area contributed by atoms with Gasteiger partial charge in [-0.15, -0.1) is 0 Å². The zero-order valence-corrected chi connectivity index (χ0v) is 7.91. The lowest BCUT2D eigenvalue weighted by atomic mass is 10.0. The Kier molecular flexibility index (Phi) is 1.64. The minimum Gasteiger partial charge on any atom is -0.318 e. The highest BCUT2D eigenvalue weighted by molar-refractivity contribution is 9.10. The largest absolute Gasteiger partial charge is 0.318 e. The fraction of sp³-hybridized carbons (Fsp3) is 0.167. The summed E-state index contributed by atoms with van der Waals surface area (Å²) in [5.41, 5.74) is 1.77. The van der Waals surface area contributed by atoms with Gasteiger partial charge in [0.2, 0.25) is 0 Å². The van der Waals surface area contributed by atoms with Crippen molar-refractivity contribution in [3.05, 3.63) is 11.1 Å². The zero-order chi connectivity index (χ0) is 8.72. The molecule has 2 radical (unpaired) electrons. The van der Waals surface area contributed by atoms with Crippen molar-refractivity contribution in [3.8, 4) is 0 Å². The van der Waals surface area contributed by atoms with E-state index < -0.39 is 0 Å². The second-order valence-corrected chi connectivity index (χ2v) is 3.11. The van der Waals surface area contributed by atoms with E-state index in [4.69, 9.17) is 7.85 Å². The Morgan fingerprint density at radius 1 is 1.50 bits per heavy atom. The van der Waals surface area contributed by atoms with Crippen LogP contribution < -0.4 is 5.59 Å². The second-order valence-electron chi connectivity index (χ2n) is 2.41. The van der Waals surface area contributed by atoms with E-state index in [-0.39, 0.29) is 0 Å². The molecule has 0 spiro atoms. The van der Waals surface area contributed by atoms with E-state index in [1.807, 2.05) is 7.05 Å². The van der Waals surface area contributed by atoms with E-state index in [0.29, 0.717) is 15.8 Å². The molecule has 0 aliphatic rings. The zero-order valence-electron chi connectivity index (χ0n) is 6.32. The van der Waals surface area contributed by atoms with Crippen LogP contribution in [0.3, 0.4) is 0 Å². The molecule has 0 unspecified atom stereocenters. The lowest BCUT2D eigenvalue weighted by Gasteiger charge is -1.96. The maximum Gasteiger partial charge on any atom is 0.198 e. The molecular weight excluding hydrogens is 219 g/mol. The van der Waals surface area contributed by atoms with Crippen molar-refractivity contribution >= 4 is 40.5 Å². The van der Waals surface area contributed by atoms with Crippen LogP contribution >= 0.6 is 15.9 Å². The number of rotatable bonds is 0. The molecule has 0 saturated heterocycles. The number of hydrogen-bond donors (Lipinski definition) is 0. The molecule has 2 aromatic rings. The molecule has 0 aliphatic carbocycles. The van der Waals surface area contributed by atoms with Crippen molar-refractivity contribution in [1.82, 2.24) is 19.5 Å². The molecule has 0 amide bonds. The van der Waals surface area contributed by atoms with Crippen LogP contribution in [0.5, 0.6) is 0 Å². The molecular formula is C6H4BBrN4. The van der Waals surface area contributed by atoms with E-state index >= 15 is 0 Å². The average Bonchev–Trinajstić information content (AvgIpc) is 2.33. The van der Waals surface area contributed by atoms with Crippen LogP contribution in [0.15, 0.2) is 11.1 Å². The summed E-state index contributed by atoms with van der Waals surface area (Å²) in [5.74, 6) is 0. The molecule has 6 heteroatoms. The summed E-state index contributed by atoms with van der Waals surface area (Å²) in [6.45, 7) is 0. The molecule has 0 saturated carbocycles. The van der Waals surface area contributed by atoms with Crippen LogP contribution in [0.1, 0.15) is 0 Å². The molecule has 0 atom stereocenters. The number of nitrogens with zero attached hydrogens (tertiary/aromatic N) is 4. The Labute approximate surface area is 78.6 Å². The van der Waals surface area contributed by atoms with Gasteiger partial charge in [0.25, 0.3) is 0 Å². The summed E-state index contributed by atoms with van der Waals surface area (Å²) in [4.78, 5) is 12.1. The lowest BCUT2D eigenvalue weighted by molar-refractivity contribution is 0.925. The SMILES string of the molecule is [B]c1nc(Br)nc2c1ncn2C. The first-order valence-electron chi connectivity index (χ1n) is 3.28. The topological polar surface area (TPSA) is 43.6 Å². The summed E-state index contributed by atoms with van der Waals surface area (Å²) >= 11 is 3.16. The smallest absolute Gasteiger partial charge is 0.198 e. The number of fused-ring (bicyclic) bond motifs is 1. The van der Waals surface area contributed by atoms with Crippen LogP contribution in [-0.2, 0) is 7.05 Å². The van der Waals surface area contributed by atoms with Crippen LogP contribution in [0.2, 0.25) is 0 Å². The predicted molar refractivity (Wildman–Crippen MR) is 49.4 cm³/mol. The fourth-order valence-electron chi connectivity index (χ4n) is 1.00. The standard InChI is InChI=1S/C6H4BBrN4/c1-12-2-9-3-4(7)10-6(8)11-5(3)12/h2H,1H3. The summed E-state index contributed by atoms with van der Waals surface area (Å²) in [6, 6.07) is 0. The Morgan fingerprint density at radius 3 is 3.00 bits per heavy atom. The van der Waals surface area contributed by atoms with Crippen LogP contribution in [-0.4, -0.2) is 27.4 Å². The van der Waals surface area contributed by atoms with E-state index in [1.165, 1.54) is 0 Å². The van der Waals surface area contributed by atoms with Crippen molar-refractivity contribution in [2.24, 2.45) is 7.05 Å². The van der Waals surface area contributed by atoms with Crippen molar-refractivity contribution in [2.75, 3.05) is 0 Å². The lowest BCUT2D eigenvalue weighted by Crippen LogP contribution is -2.11. The van der Waals surface area contributed by atoms with Gasteiger partial charge in [0.1, 0.15) is 13.4 Å². The van der Waals surface area contributed by atoms with Crippen LogP contribution in [0.4, 0.5) is 0 Å². The normalized spacial score (nSPS) is 10.8. The number of aryl methyl sites for hydroxylation is 1. The predicted octanol–water partition coefficient (Wildman–Crippen LogP) is -0.0804. The Hall–Kier alpha value is -0.905. The highest BCUT2D eigenvalue weighted by Crippen LogP contribution is 2.07. The van der Waals surface area contributed by atoms with Gasteiger partial charge in [-0.25, -0.2) is 15.0 Å². The molecule has 0 aliphatic heterocycles. The Balaban J connectivity index is 2.92. The second kappa shape index (κ2) is 2.55. The number of hydrogen-bond acceptors (Lipinski definition) is 3. The van der Waals surface area contributed by atoms with E-state index in [9.17, 15) is 0 Å². The molecule has 0 N–H and O–H groups in total. The minimum absolute atomic E-state index is 0.396. The third kappa shape index (κ3) is 1.03. The van der Waals surface area contributed by atoms with E-state index in [2.05, 4.69) is 30.9 Å². The number of halogens is 1. The van der Waals surface area contributed by atoms with Gasteiger partial charge < -0.3 is 4.57 Å². The monoisotopic (exact) mass is 222 g/mol. The van der Waals surface area contributed by atoms with Crippen molar-refractivity contribution in [2.45, 2.75) is 0 Å². The summed E-state index contributed by atoms with van der Waals surface area (Å²) in [5, 5.41) is 0. The minimum atomic E-state index is 0.396. The third-order valence-electron chi connectivity index (χ3n) is 1.56. The molecule has 0 fully saturated rings. The van der Waals surface area contributed by atoms with E-state index in [0.717, 1.165) is 5.65 Å². The van der Waals surface area contributed by atoms with E-state index in [1.54, 1.807) is 10.9 Å². The first kappa shape index (κ1) is 7.73. The van der Waals surface area contributed by atoms with Gasteiger partial charge in [0, 0.05) is 12.6 Å². The maximum absolute atomic E-state index is 5.61. The molecule has 4 nitrogen and oxygen atoms in total. The molecule has 2 heterocycles.